The van der Waals surface area contributed by atoms with Crippen LogP contribution in [0.2, 0.25) is 0 Å². The lowest BCUT2D eigenvalue weighted by atomic mass is 9.96. The number of likely N-dealkylation sites (tertiary alicyclic amines) is 1. The van der Waals surface area contributed by atoms with Crippen LogP contribution in [0.25, 0.3) is 0 Å². The summed E-state index contributed by atoms with van der Waals surface area (Å²) in [7, 11) is 0. The summed E-state index contributed by atoms with van der Waals surface area (Å²) in [6.45, 7) is 4.37. The lowest BCUT2D eigenvalue weighted by Gasteiger charge is -2.34. The molecule has 2 heterocycles. The number of nitrogens with zero attached hydrogens (tertiary/aromatic N) is 2. The molecule has 0 radical (unpaired) electrons. The number of hydrogen-bond acceptors (Lipinski definition) is 4. The van der Waals surface area contributed by atoms with Gasteiger partial charge in [-0.2, -0.15) is 0 Å². The van der Waals surface area contributed by atoms with Crippen LogP contribution in [0.15, 0.2) is 18.3 Å². The highest BCUT2D eigenvalue weighted by molar-refractivity contribution is 5.07. The summed E-state index contributed by atoms with van der Waals surface area (Å²) < 4.78 is 12.7. The van der Waals surface area contributed by atoms with Crippen molar-refractivity contribution < 1.29 is 14.6 Å². The van der Waals surface area contributed by atoms with E-state index in [9.17, 15) is 14.6 Å². The highest BCUT2D eigenvalue weighted by Crippen LogP contribution is 2.19. The Morgan fingerprint density at radius 2 is 2.32 bits per heavy atom. The summed E-state index contributed by atoms with van der Waals surface area (Å²) >= 11 is 0. The summed E-state index contributed by atoms with van der Waals surface area (Å²) in [6.07, 6.45) is 1.67. The zero-order valence-electron chi connectivity index (χ0n) is 11.2. The molecule has 4 nitrogen and oxygen atoms in total. The van der Waals surface area contributed by atoms with Crippen LogP contribution >= 0.6 is 0 Å². The van der Waals surface area contributed by atoms with Crippen molar-refractivity contribution in [1.29, 1.82) is 0 Å². The second kappa shape index (κ2) is 6.41. The largest absolute Gasteiger partial charge is 0.392 e. The first-order chi connectivity index (χ1) is 9.06. The van der Waals surface area contributed by atoms with Crippen molar-refractivity contribution in [2.24, 2.45) is 5.92 Å². The monoisotopic (exact) mass is 268 g/mol. The highest BCUT2D eigenvalue weighted by atomic mass is 19.1. The number of β-amino-alcohol motifs (C(OH)–C–C–N with tert-alkyl or cyclic N) is 1. The molecular formula is C14H21FN2O2. The Morgan fingerprint density at radius 1 is 1.53 bits per heavy atom. The maximum atomic E-state index is 12.7. The topological polar surface area (TPSA) is 56.6 Å². The number of piperidine rings is 1. The van der Waals surface area contributed by atoms with Crippen molar-refractivity contribution in [3.05, 3.63) is 29.8 Å². The molecule has 1 aliphatic heterocycles. The predicted molar refractivity (Wildman–Crippen MR) is 70.0 cm³/mol. The van der Waals surface area contributed by atoms with Crippen LogP contribution in [-0.4, -0.2) is 45.8 Å². The van der Waals surface area contributed by atoms with Gasteiger partial charge in [-0.15, -0.1) is 0 Å². The normalized spacial score (nSPS) is 26.3. The number of hydrogen-bond donors (Lipinski definition) is 2. The van der Waals surface area contributed by atoms with Gasteiger partial charge in [0.05, 0.1) is 24.1 Å². The third-order valence-corrected chi connectivity index (χ3v) is 3.81. The molecule has 0 saturated carbocycles. The second-order valence-electron chi connectivity index (χ2n) is 5.34. The summed E-state index contributed by atoms with van der Waals surface area (Å²) in [6, 6.07) is 2.81. The summed E-state index contributed by atoms with van der Waals surface area (Å²) in [4.78, 5) is 6.03. The Balaban J connectivity index is 1.80. The molecule has 2 rings (SSSR count). The minimum absolute atomic E-state index is 0.283. The fraction of sp³-hybridized carbons (Fsp3) is 0.643. The quantitative estimate of drug-likeness (QED) is 0.865. The van der Waals surface area contributed by atoms with Gasteiger partial charge >= 0.3 is 0 Å². The smallest absolute Gasteiger partial charge is 0.141 e. The van der Waals surface area contributed by atoms with E-state index >= 15 is 0 Å². The molecule has 5 heteroatoms. The van der Waals surface area contributed by atoms with Crippen LogP contribution in [0, 0.1) is 11.7 Å². The van der Waals surface area contributed by atoms with Gasteiger partial charge in [-0.05, 0) is 37.4 Å². The first kappa shape index (κ1) is 14.4. The first-order valence-electron chi connectivity index (χ1n) is 6.76. The number of aromatic nitrogens is 1. The van der Waals surface area contributed by atoms with E-state index in [-0.39, 0.29) is 6.10 Å². The third kappa shape index (κ3) is 3.96. The maximum Gasteiger partial charge on any atom is 0.141 e. The zero-order valence-corrected chi connectivity index (χ0v) is 11.2. The molecule has 106 valence electrons. The van der Waals surface area contributed by atoms with Gasteiger partial charge in [0.2, 0.25) is 0 Å². The number of aliphatic hydroxyl groups excluding tert-OH is 2. The van der Waals surface area contributed by atoms with Crippen LogP contribution in [0.5, 0.6) is 0 Å². The van der Waals surface area contributed by atoms with Crippen molar-refractivity contribution in [1.82, 2.24) is 9.88 Å². The Kier molecular flexibility index (Phi) is 4.85. The Labute approximate surface area is 112 Å². The molecule has 19 heavy (non-hydrogen) atoms. The SMILES string of the molecule is CC1CCN(CCC(O)c2ccc(F)cn2)CC1O. The zero-order chi connectivity index (χ0) is 13.8. The van der Waals surface area contributed by atoms with E-state index in [1.165, 1.54) is 12.1 Å². The Bertz CT molecular complexity index is 399. The molecule has 0 aromatic carbocycles. The molecule has 2 N–H and O–H groups in total. The number of pyridine rings is 1. The predicted octanol–water partition coefficient (Wildman–Crippen LogP) is 1.35. The molecule has 3 unspecified atom stereocenters. The van der Waals surface area contributed by atoms with E-state index in [0.717, 1.165) is 19.2 Å². The Morgan fingerprint density at radius 3 is 2.95 bits per heavy atom. The number of rotatable bonds is 4. The van der Waals surface area contributed by atoms with Crippen molar-refractivity contribution >= 4 is 0 Å². The third-order valence-electron chi connectivity index (χ3n) is 3.81. The van der Waals surface area contributed by atoms with Crippen LogP contribution in [-0.2, 0) is 0 Å². The number of aliphatic hydroxyl groups is 2. The highest BCUT2D eigenvalue weighted by Gasteiger charge is 2.24. The molecule has 1 fully saturated rings. The van der Waals surface area contributed by atoms with Crippen LogP contribution in [0.4, 0.5) is 4.39 Å². The van der Waals surface area contributed by atoms with E-state index in [1.807, 2.05) is 0 Å². The molecule has 1 aromatic rings. The van der Waals surface area contributed by atoms with Crippen LogP contribution < -0.4 is 0 Å². The second-order valence-corrected chi connectivity index (χ2v) is 5.34. The average Bonchev–Trinajstić information content (AvgIpc) is 2.40. The van der Waals surface area contributed by atoms with E-state index in [0.29, 0.717) is 31.1 Å². The summed E-state index contributed by atoms with van der Waals surface area (Å²) in [5, 5.41) is 19.8. The minimum atomic E-state index is -0.683. The van der Waals surface area contributed by atoms with Gasteiger partial charge in [-0.1, -0.05) is 6.92 Å². The van der Waals surface area contributed by atoms with E-state index in [4.69, 9.17) is 0 Å². The number of halogens is 1. The van der Waals surface area contributed by atoms with Gasteiger partial charge in [0, 0.05) is 13.1 Å². The average molecular weight is 268 g/mol. The summed E-state index contributed by atoms with van der Waals surface area (Å²) in [5.41, 5.74) is 0.493. The fourth-order valence-corrected chi connectivity index (χ4v) is 2.35. The minimum Gasteiger partial charge on any atom is -0.392 e. The van der Waals surface area contributed by atoms with E-state index in [2.05, 4.69) is 16.8 Å². The van der Waals surface area contributed by atoms with Crippen molar-refractivity contribution in [3.63, 3.8) is 0 Å². The fourth-order valence-electron chi connectivity index (χ4n) is 2.35. The molecule has 1 aromatic heterocycles. The molecule has 0 amide bonds. The van der Waals surface area contributed by atoms with Gasteiger partial charge in [0.1, 0.15) is 5.82 Å². The van der Waals surface area contributed by atoms with Gasteiger partial charge in [0.15, 0.2) is 0 Å². The van der Waals surface area contributed by atoms with Crippen molar-refractivity contribution in [2.75, 3.05) is 19.6 Å². The van der Waals surface area contributed by atoms with Gasteiger partial charge in [0.25, 0.3) is 0 Å². The van der Waals surface area contributed by atoms with Crippen LogP contribution in [0.1, 0.15) is 31.6 Å². The standard InChI is InChI=1S/C14H21FN2O2/c1-10-4-6-17(9-14(10)19)7-5-13(18)12-3-2-11(15)8-16-12/h2-3,8,10,13-14,18-19H,4-7,9H2,1H3. The molecule has 0 aliphatic carbocycles. The van der Waals surface area contributed by atoms with Crippen LogP contribution in [0.3, 0.4) is 0 Å². The molecule has 1 saturated heterocycles. The summed E-state index contributed by atoms with van der Waals surface area (Å²) in [5.74, 6) is -0.0518. The van der Waals surface area contributed by atoms with Gasteiger partial charge in [-0.3, -0.25) is 4.98 Å². The van der Waals surface area contributed by atoms with Crippen molar-refractivity contribution in [2.45, 2.75) is 32.0 Å². The first-order valence-corrected chi connectivity index (χ1v) is 6.76. The maximum absolute atomic E-state index is 12.7. The Hall–Kier alpha value is -1.04. The lowest BCUT2D eigenvalue weighted by molar-refractivity contribution is 0.0223. The lowest BCUT2D eigenvalue weighted by Crippen LogP contribution is -2.43. The van der Waals surface area contributed by atoms with Gasteiger partial charge < -0.3 is 15.1 Å². The molecule has 0 bridgehead atoms. The van der Waals surface area contributed by atoms with Gasteiger partial charge in [-0.25, -0.2) is 4.39 Å². The van der Waals surface area contributed by atoms with E-state index < -0.39 is 11.9 Å². The van der Waals surface area contributed by atoms with Crippen molar-refractivity contribution in [3.8, 4) is 0 Å². The molecular weight excluding hydrogens is 247 g/mol. The molecule has 0 spiro atoms. The van der Waals surface area contributed by atoms with E-state index in [1.54, 1.807) is 0 Å². The molecule has 1 aliphatic rings. The molecule has 3 atom stereocenters.